The fourth-order valence-electron chi connectivity index (χ4n) is 5.01. The highest BCUT2D eigenvalue weighted by Gasteiger charge is 2.24. The van der Waals surface area contributed by atoms with Gasteiger partial charge in [-0.2, -0.15) is 0 Å². The topological polar surface area (TPSA) is 42.9 Å². The van der Waals surface area contributed by atoms with Gasteiger partial charge < -0.3 is 0 Å². The average molecular weight is 445 g/mol. The maximum atomic E-state index is 13.8. The molecule has 0 bridgehead atoms. The number of ketones is 1. The van der Waals surface area contributed by atoms with Crippen LogP contribution in [0.3, 0.4) is 0 Å². The average Bonchev–Trinajstić information content (AvgIpc) is 3.10. The van der Waals surface area contributed by atoms with Crippen molar-refractivity contribution in [3.63, 3.8) is 0 Å². The van der Waals surface area contributed by atoms with Gasteiger partial charge in [-0.25, -0.2) is 14.4 Å². The molecule has 1 atom stereocenters. The molecule has 1 heterocycles. The molecular formula is C29H33FN2O. The molecule has 1 aliphatic carbocycles. The largest absolute Gasteiger partial charge is 0.293 e. The van der Waals surface area contributed by atoms with Gasteiger partial charge >= 0.3 is 0 Å². The van der Waals surface area contributed by atoms with Crippen molar-refractivity contribution in [3.8, 4) is 0 Å². The Hall–Kier alpha value is -2.88. The number of hydrogen-bond acceptors (Lipinski definition) is 3. The number of aromatic nitrogens is 2. The van der Waals surface area contributed by atoms with E-state index in [4.69, 9.17) is 9.97 Å². The van der Waals surface area contributed by atoms with Crippen LogP contribution in [0.1, 0.15) is 95.2 Å². The number of hydrogen-bond donors (Lipinski definition) is 0. The van der Waals surface area contributed by atoms with Crippen LogP contribution in [0.4, 0.5) is 4.39 Å². The highest BCUT2D eigenvalue weighted by atomic mass is 19.1. The lowest BCUT2D eigenvalue weighted by molar-refractivity contribution is 0.0954. The van der Waals surface area contributed by atoms with Gasteiger partial charge in [0, 0.05) is 29.8 Å². The van der Waals surface area contributed by atoms with Crippen molar-refractivity contribution in [1.29, 1.82) is 0 Å². The number of rotatable bonds is 7. The van der Waals surface area contributed by atoms with E-state index in [-0.39, 0.29) is 17.5 Å². The lowest BCUT2D eigenvalue weighted by Crippen LogP contribution is -2.16. The van der Waals surface area contributed by atoms with Crippen LogP contribution in [0.2, 0.25) is 0 Å². The predicted octanol–water partition coefficient (Wildman–Crippen LogP) is 7.27. The number of halogens is 1. The summed E-state index contributed by atoms with van der Waals surface area (Å²) in [6, 6.07) is 12.4. The van der Waals surface area contributed by atoms with Gasteiger partial charge in [0.2, 0.25) is 0 Å². The summed E-state index contributed by atoms with van der Waals surface area (Å²) in [6.07, 6.45) is 12.7. The van der Waals surface area contributed by atoms with E-state index in [1.807, 2.05) is 50.5 Å². The van der Waals surface area contributed by atoms with Crippen LogP contribution in [-0.4, -0.2) is 15.8 Å². The Kier molecular flexibility index (Phi) is 7.64. The Balaban J connectivity index is 1.53. The fraction of sp³-hybridized carbons (Fsp3) is 0.414. The number of Topliss-reactive ketones (excluding diaryl/α,β-unsaturated/α-hetero) is 1. The molecule has 1 aliphatic rings. The molecule has 0 amide bonds. The first-order valence-corrected chi connectivity index (χ1v) is 12.2. The molecule has 1 saturated carbocycles. The summed E-state index contributed by atoms with van der Waals surface area (Å²) >= 11 is 0. The summed E-state index contributed by atoms with van der Waals surface area (Å²) in [6.45, 7) is 3.86. The lowest BCUT2D eigenvalue weighted by atomic mass is 9.84. The monoisotopic (exact) mass is 444 g/mol. The molecule has 0 aliphatic heterocycles. The second-order valence-corrected chi connectivity index (χ2v) is 9.46. The summed E-state index contributed by atoms with van der Waals surface area (Å²) in [4.78, 5) is 22.9. The molecule has 33 heavy (non-hydrogen) atoms. The van der Waals surface area contributed by atoms with E-state index in [9.17, 15) is 9.18 Å². The van der Waals surface area contributed by atoms with E-state index in [1.165, 1.54) is 50.7 Å². The van der Waals surface area contributed by atoms with Gasteiger partial charge in [-0.3, -0.25) is 4.79 Å². The van der Waals surface area contributed by atoms with Gasteiger partial charge in [-0.05, 0) is 74.4 Å². The van der Waals surface area contributed by atoms with E-state index < -0.39 is 0 Å². The van der Waals surface area contributed by atoms with E-state index in [2.05, 4.69) is 0 Å². The van der Waals surface area contributed by atoms with Crippen LogP contribution < -0.4 is 0 Å². The van der Waals surface area contributed by atoms with Gasteiger partial charge in [-0.15, -0.1) is 0 Å². The highest BCUT2D eigenvalue weighted by molar-refractivity contribution is 6.01. The van der Waals surface area contributed by atoms with Crippen molar-refractivity contribution in [3.05, 3.63) is 94.3 Å². The molecule has 0 spiro atoms. The van der Waals surface area contributed by atoms with E-state index >= 15 is 0 Å². The maximum absolute atomic E-state index is 13.8. The standard InChI is InChI=1S/C29H33FN2O/c1-20-8-7-11-24(16-20)28(33)27(26-15-13-25(30)17-21(26)2)14-12-22-18-31-29(32-19-22)23-9-5-3-4-6-10-23/h7-8,11,13,15-19,23,27H,3-6,9-10,12,14H2,1-2H3. The Morgan fingerprint density at radius 3 is 2.39 bits per heavy atom. The van der Waals surface area contributed by atoms with Gasteiger partial charge in [0.15, 0.2) is 5.78 Å². The zero-order chi connectivity index (χ0) is 23.2. The zero-order valence-electron chi connectivity index (χ0n) is 19.7. The van der Waals surface area contributed by atoms with Crippen molar-refractivity contribution < 1.29 is 9.18 Å². The molecule has 3 aromatic rings. The van der Waals surface area contributed by atoms with E-state index in [0.717, 1.165) is 28.1 Å². The van der Waals surface area contributed by atoms with Crippen molar-refractivity contribution >= 4 is 5.78 Å². The minimum Gasteiger partial charge on any atom is -0.293 e. The summed E-state index contributed by atoms with van der Waals surface area (Å²) in [5, 5.41) is 0. The third kappa shape index (κ3) is 5.93. The molecule has 0 saturated heterocycles. The van der Waals surface area contributed by atoms with Gasteiger partial charge in [0.25, 0.3) is 0 Å². The maximum Gasteiger partial charge on any atom is 0.170 e. The molecule has 0 radical (unpaired) electrons. The number of benzene rings is 2. The minimum atomic E-state index is -0.339. The van der Waals surface area contributed by atoms with Crippen LogP contribution in [0, 0.1) is 19.7 Å². The second kappa shape index (κ2) is 10.8. The normalized spacial score (nSPS) is 15.7. The van der Waals surface area contributed by atoms with Gasteiger partial charge in [0.1, 0.15) is 11.6 Å². The quantitative estimate of drug-likeness (QED) is 0.284. The summed E-state index contributed by atoms with van der Waals surface area (Å²) in [5.74, 6) is 0.889. The lowest BCUT2D eigenvalue weighted by Gasteiger charge is -2.19. The third-order valence-corrected chi connectivity index (χ3v) is 6.89. The fourth-order valence-corrected chi connectivity index (χ4v) is 5.01. The van der Waals surface area contributed by atoms with E-state index in [0.29, 0.717) is 24.3 Å². The molecular weight excluding hydrogens is 411 g/mol. The first-order chi connectivity index (χ1) is 16.0. The van der Waals surface area contributed by atoms with E-state index in [1.54, 1.807) is 6.07 Å². The smallest absolute Gasteiger partial charge is 0.170 e. The Morgan fingerprint density at radius 2 is 1.73 bits per heavy atom. The highest BCUT2D eigenvalue weighted by Crippen LogP contribution is 2.31. The summed E-state index contributed by atoms with van der Waals surface area (Å²) in [7, 11) is 0. The van der Waals surface area contributed by atoms with Gasteiger partial charge in [-0.1, -0.05) is 55.5 Å². The molecule has 1 unspecified atom stereocenters. The summed E-state index contributed by atoms with van der Waals surface area (Å²) < 4.78 is 13.8. The van der Waals surface area contributed by atoms with Crippen molar-refractivity contribution in [2.45, 2.75) is 77.0 Å². The third-order valence-electron chi connectivity index (χ3n) is 6.89. The van der Waals surface area contributed by atoms with Crippen molar-refractivity contribution in [2.75, 3.05) is 0 Å². The van der Waals surface area contributed by atoms with Crippen LogP contribution in [0.25, 0.3) is 0 Å². The van der Waals surface area contributed by atoms with Crippen molar-refractivity contribution in [1.82, 2.24) is 9.97 Å². The van der Waals surface area contributed by atoms with Crippen LogP contribution in [-0.2, 0) is 6.42 Å². The van der Waals surface area contributed by atoms with Gasteiger partial charge in [0.05, 0.1) is 0 Å². The zero-order valence-corrected chi connectivity index (χ0v) is 19.7. The molecule has 4 rings (SSSR count). The molecule has 172 valence electrons. The molecule has 1 aromatic heterocycles. The molecule has 4 heteroatoms. The number of aryl methyl sites for hydroxylation is 3. The minimum absolute atomic E-state index is 0.0735. The van der Waals surface area contributed by atoms with Crippen LogP contribution in [0.15, 0.2) is 54.9 Å². The van der Waals surface area contributed by atoms with Crippen molar-refractivity contribution in [2.24, 2.45) is 0 Å². The number of carbonyl (C=O) groups excluding carboxylic acids is 1. The first kappa shape index (κ1) is 23.3. The molecule has 0 N–H and O–H groups in total. The molecule has 3 nitrogen and oxygen atoms in total. The van der Waals surface area contributed by atoms with Crippen LogP contribution >= 0.6 is 0 Å². The number of carbonyl (C=O) groups is 1. The summed E-state index contributed by atoms with van der Waals surface area (Å²) in [5.41, 5.74) is 4.48. The molecule has 1 fully saturated rings. The Labute approximate surface area is 196 Å². The first-order valence-electron chi connectivity index (χ1n) is 12.2. The number of nitrogens with zero attached hydrogens (tertiary/aromatic N) is 2. The predicted molar refractivity (Wildman–Crippen MR) is 130 cm³/mol. The molecule has 2 aromatic carbocycles. The Bertz CT molecular complexity index is 1090. The Morgan fingerprint density at radius 1 is 1.00 bits per heavy atom. The SMILES string of the molecule is Cc1cccc(C(=O)C(CCc2cnc(C3CCCCCC3)nc2)c2ccc(F)cc2C)c1. The second-order valence-electron chi connectivity index (χ2n) is 9.46. The van der Waals surface area contributed by atoms with Crippen LogP contribution in [0.5, 0.6) is 0 Å².